The molecule has 1 amide bonds. The van der Waals surface area contributed by atoms with Gasteiger partial charge in [0.2, 0.25) is 5.91 Å². The first-order valence-electron chi connectivity index (χ1n) is 12.6. The smallest absolute Gasteiger partial charge is 0.266 e. The standard InChI is InChI=1S/C30H28N4O4S2/c1-18(2)20-9-6-8-12-24(20)34-28(36)21-10-5-7-11-22(21)32-30(34)40-17-27(35)33-29-31-23(16-39-29)19-13-14-25(37-3)26(15-19)38-4/h5-16,18H,17H2,1-4H3,(H,31,33,35). The lowest BCUT2D eigenvalue weighted by Gasteiger charge is -2.18. The monoisotopic (exact) mass is 572 g/mol. The number of thiazole rings is 1. The van der Waals surface area contributed by atoms with Crippen molar-refractivity contribution in [2.45, 2.75) is 24.9 Å². The second-order valence-electron chi connectivity index (χ2n) is 9.21. The number of ether oxygens (including phenoxy) is 2. The summed E-state index contributed by atoms with van der Waals surface area (Å²) in [7, 11) is 3.17. The number of thioether (sulfide) groups is 1. The Balaban J connectivity index is 1.39. The highest BCUT2D eigenvalue weighted by atomic mass is 32.2. The van der Waals surface area contributed by atoms with Crippen LogP contribution in [0, 0.1) is 0 Å². The van der Waals surface area contributed by atoms with Gasteiger partial charge in [0.05, 0.1) is 42.3 Å². The van der Waals surface area contributed by atoms with Gasteiger partial charge >= 0.3 is 0 Å². The molecule has 0 fully saturated rings. The molecule has 0 aliphatic rings. The van der Waals surface area contributed by atoms with Gasteiger partial charge in [-0.3, -0.25) is 14.2 Å². The highest BCUT2D eigenvalue weighted by Crippen LogP contribution is 2.34. The highest BCUT2D eigenvalue weighted by molar-refractivity contribution is 7.99. The first-order chi connectivity index (χ1) is 19.4. The number of amides is 1. The highest BCUT2D eigenvalue weighted by Gasteiger charge is 2.18. The van der Waals surface area contributed by atoms with E-state index in [-0.39, 0.29) is 23.1 Å². The number of fused-ring (bicyclic) bond motifs is 1. The van der Waals surface area contributed by atoms with Gasteiger partial charge in [0, 0.05) is 10.9 Å². The van der Waals surface area contributed by atoms with Crippen LogP contribution in [0.4, 0.5) is 5.13 Å². The van der Waals surface area contributed by atoms with Gasteiger partial charge < -0.3 is 14.8 Å². The molecule has 10 heteroatoms. The van der Waals surface area contributed by atoms with E-state index >= 15 is 0 Å². The van der Waals surface area contributed by atoms with E-state index in [2.05, 4.69) is 24.1 Å². The fraction of sp³-hybridized carbons (Fsp3) is 0.200. The van der Waals surface area contributed by atoms with E-state index in [0.29, 0.717) is 38.4 Å². The molecule has 3 aromatic carbocycles. The van der Waals surface area contributed by atoms with Crippen LogP contribution in [0.15, 0.2) is 82.1 Å². The van der Waals surface area contributed by atoms with E-state index in [1.807, 2.05) is 66.0 Å². The quantitative estimate of drug-likeness (QED) is 0.162. The van der Waals surface area contributed by atoms with E-state index in [1.54, 1.807) is 24.9 Å². The van der Waals surface area contributed by atoms with E-state index in [4.69, 9.17) is 14.5 Å². The molecule has 0 bridgehead atoms. The van der Waals surface area contributed by atoms with Crippen LogP contribution in [0.5, 0.6) is 11.5 Å². The predicted octanol–water partition coefficient (Wildman–Crippen LogP) is 6.38. The summed E-state index contributed by atoms with van der Waals surface area (Å²) in [6, 6.07) is 20.6. The van der Waals surface area contributed by atoms with Crippen LogP contribution in [0.25, 0.3) is 27.8 Å². The molecule has 0 aliphatic carbocycles. The van der Waals surface area contributed by atoms with Crippen LogP contribution in [0.3, 0.4) is 0 Å². The van der Waals surface area contributed by atoms with Crippen molar-refractivity contribution in [3.63, 3.8) is 0 Å². The zero-order valence-electron chi connectivity index (χ0n) is 22.5. The first-order valence-corrected chi connectivity index (χ1v) is 14.5. The van der Waals surface area contributed by atoms with Crippen molar-refractivity contribution in [3.05, 3.63) is 88.0 Å². The Kier molecular flexibility index (Phi) is 8.18. The number of aromatic nitrogens is 3. The zero-order chi connectivity index (χ0) is 28.2. The minimum Gasteiger partial charge on any atom is -0.493 e. The lowest BCUT2D eigenvalue weighted by molar-refractivity contribution is -0.113. The molecule has 204 valence electrons. The maximum Gasteiger partial charge on any atom is 0.266 e. The molecule has 0 aliphatic heterocycles. The summed E-state index contributed by atoms with van der Waals surface area (Å²) >= 11 is 2.55. The van der Waals surface area contributed by atoms with E-state index in [0.717, 1.165) is 16.8 Å². The summed E-state index contributed by atoms with van der Waals surface area (Å²) in [5.74, 6) is 1.23. The van der Waals surface area contributed by atoms with Crippen molar-refractivity contribution in [2.24, 2.45) is 0 Å². The average Bonchev–Trinajstić information content (AvgIpc) is 3.44. The summed E-state index contributed by atoms with van der Waals surface area (Å²) < 4.78 is 12.3. The zero-order valence-corrected chi connectivity index (χ0v) is 24.1. The second kappa shape index (κ2) is 11.9. The number of nitrogens with zero attached hydrogens (tertiary/aromatic N) is 3. The largest absolute Gasteiger partial charge is 0.493 e. The maximum absolute atomic E-state index is 13.7. The van der Waals surface area contributed by atoms with Crippen LogP contribution in [0.2, 0.25) is 0 Å². The third-order valence-corrected chi connectivity index (χ3v) is 8.00. The number of benzene rings is 3. The minimum atomic E-state index is -0.246. The van der Waals surface area contributed by atoms with Gasteiger partial charge in [-0.05, 0) is 47.9 Å². The SMILES string of the molecule is COc1ccc(-c2csc(NC(=O)CSc3nc4ccccc4c(=O)n3-c3ccccc3C(C)C)n2)cc1OC. The molecule has 2 heterocycles. The Morgan fingerprint density at radius 2 is 1.75 bits per heavy atom. The summed E-state index contributed by atoms with van der Waals surface area (Å²) in [5, 5.41) is 6.20. The van der Waals surface area contributed by atoms with E-state index in [1.165, 1.54) is 23.1 Å². The topological polar surface area (TPSA) is 95.3 Å². The Labute approximate surface area is 240 Å². The molecule has 0 saturated carbocycles. The van der Waals surface area contributed by atoms with Gasteiger partial charge in [-0.15, -0.1) is 11.3 Å². The lowest BCUT2D eigenvalue weighted by Crippen LogP contribution is -2.24. The Morgan fingerprint density at radius 1 is 1.00 bits per heavy atom. The van der Waals surface area contributed by atoms with Crippen molar-refractivity contribution in [1.29, 1.82) is 0 Å². The molecular formula is C30H28N4O4S2. The second-order valence-corrected chi connectivity index (χ2v) is 11.0. The van der Waals surface area contributed by atoms with Crippen LogP contribution in [-0.2, 0) is 4.79 Å². The van der Waals surface area contributed by atoms with Gasteiger partial charge in [0.1, 0.15) is 0 Å². The normalized spacial score (nSPS) is 11.1. The number of rotatable bonds is 9. The van der Waals surface area contributed by atoms with Crippen LogP contribution >= 0.6 is 23.1 Å². The maximum atomic E-state index is 13.7. The molecular weight excluding hydrogens is 544 g/mol. The van der Waals surface area contributed by atoms with Gasteiger partial charge in [0.15, 0.2) is 21.8 Å². The fourth-order valence-corrected chi connectivity index (χ4v) is 5.89. The third-order valence-electron chi connectivity index (χ3n) is 6.31. The van der Waals surface area contributed by atoms with Gasteiger partial charge in [-0.1, -0.05) is 55.9 Å². The Morgan fingerprint density at radius 3 is 2.52 bits per heavy atom. The summed E-state index contributed by atoms with van der Waals surface area (Å²) in [4.78, 5) is 36.0. The number of hydrogen-bond donors (Lipinski definition) is 1. The molecule has 0 spiro atoms. The van der Waals surface area contributed by atoms with Crippen molar-refractivity contribution >= 4 is 45.0 Å². The molecule has 0 atom stereocenters. The van der Waals surface area contributed by atoms with Crippen LogP contribution in [0.1, 0.15) is 25.3 Å². The number of carbonyl (C=O) groups is 1. The number of carbonyl (C=O) groups excluding carboxylic acids is 1. The van der Waals surface area contributed by atoms with Gasteiger partial charge in [0.25, 0.3) is 5.56 Å². The van der Waals surface area contributed by atoms with Crippen LogP contribution in [-0.4, -0.2) is 40.4 Å². The van der Waals surface area contributed by atoms with E-state index in [9.17, 15) is 9.59 Å². The molecule has 0 radical (unpaired) electrons. The molecule has 40 heavy (non-hydrogen) atoms. The van der Waals surface area contributed by atoms with Crippen LogP contribution < -0.4 is 20.3 Å². The van der Waals surface area contributed by atoms with Crippen molar-refractivity contribution in [3.8, 4) is 28.4 Å². The van der Waals surface area contributed by atoms with Crippen molar-refractivity contribution in [1.82, 2.24) is 14.5 Å². The lowest BCUT2D eigenvalue weighted by atomic mass is 10.0. The number of anilines is 1. The molecule has 1 N–H and O–H groups in total. The Bertz CT molecular complexity index is 1750. The van der Waals surface area contributed by atoms with Crippen molar-refractivity contribution in [2.75, 3.05) is 25.3 Å². The molecule has 5 rings (SSSR count). The summed E-state index contributed by atoms with van der Waals surface area (Å²) in [6.07, 6.45) is 0. The minimum absolute atomic E-state index is 0.0555. The summed E-state index contributed by atoms with van der Waals surface area (Å²) in [6.45, 7) is 4.17. The number of nitrogens with one attached hydrogen (secondary N) is 1. The van der Waals surface area contributed by atoms with E-state index < -0.39 is 0 Å². The number of methoxy groups -OCH3 is 2. The predicted molar refractivity (Wildman–Crippen MR) is 161 cm³/mol. The molecule has 0 unspecified atom stereocenters. The number of para-hydroxylation sites is 2. The number of hydrogen-bond acceptors (Lipinski definition) is 8. The van der Waals surface area contributed by atoms with Gasteiger partial charge in [-0.2, -0.15) is 0 Å². The molecule has 8 nitrogen and oxygen atoms in total. The first kappa shape index (κ1) is 27.4. The van der Waals surface area contributed by atoms with Gasteiger partial charge in [-0.25, -0.2) is 9.97 Å². The Hall–Kier alpha value is -4.15. The molecule has 5 aromatic rings. The summed E-state index contributed by atoms with van der Waals surface area (Å²) in [5.41, 5.74) is 3.78. The average molecular weight is 573 g/mol. The molecule has 2 aromatic heterocycles. The van der Waals surface area contributed by atoms with Crippen molar-refractivity contribution < 1.29 is 14.3 Å². The third kappa shape index (κ3) is 5.59. The fourth-order valence-electron chi connectivity index (χ4n) is 4.35. The molecule has 0 saturated heterocycles.